The van der Waals surface area contributed by atoms with Gasteiger partial charge in [0.1, 0.15) is 0 Å². The molecule has 0 atom stereocenters. The van der Waals surface area contributed by atoms with Gasteiger partial charge in [0.2, 0.25) is 0 Å². The van der Waals surface area contributed by atoms with Crippen molar-refractivity contribution in [2.45, 2.75) is 73.5 Å². The Morgan fingerprint density at radius 2 is 0.940 bits per heavy atom. The molecule has 0 fully saturated rings. The fourth-order valence-electron chi connectivity index (χ4n) is 9.01. The monoisotopic (exact) mass is 726 g/mol. The van der Waals surface area contributed by atoms with E-state index in [0.29, 0.717) is 7.25 Å². The first-order valence-electron chi connectivity index (χ1n) is 18.3. The average Bonchev–Trinajstić information content (AvgIpc) is 3.71. The van der Waals surface area contributed by atoms with Crippen LogP contribution in [0.25, 0.3) is 32.7 Å². The predicted octanol–water partition coefficient (Wildman–Crippen LogP) is 13.1. The van der Waals surface area contributed by atoms with Crippen molar-refractivity contribution < 1.29 is 21.3 Å². The number of hydrogen-bond donors (Lipinski definition) is 0. The Morgan fingerprint density at radius 3 is 1.38 bits per heavy atom. The van der Waals surface area contributed by atoms with Crippen LogP contribution in [0.2, 0.25) is 3.63 Å². The molecule has 0 aromatic heterocycles. The maximum atomic E-state index is 2.61. The molecule has 0 nitrogen and oxygen atoms in total. The fraction of sp³-hybridized carbons (Fsp3) is 0.245. The molecule has 0 aliphatic heterocycles. The molecule has 6 aromatic carbocycles. The normalized spacial score (nSPS) is 14.5. The van der Waals surface area contributed by atoms with Gasteiger partial charge in [0, 0.05) is 0 Å². The van der Waals surface area contributed by atoms with E-state index in [4.69, 9.17) is 0 Å². The van der Waals surface area contributed by atoms with Crippen LogP contribution in [0.4, 0.5) is 0 Å². The third-order valence-electron chi connectivity index (χ3n) is 11.1. The van der Waals surface area contributed by atoms with E-state index >= 15 is 0 Å². The molecule has 0 amide bonds. The van der Waals surface area contributed by atoms with Crippen molar-refractivity contribution in [2.75, 3.05) is 0 Å². The van der Waals surface area contributed by atoms with E-state index in [1.54, 1.807) is 14.3 Å². The molecule has 0 saturated heterocycles. The molecule has 50 heavy (non-hydrogen) atoms. The second-order valence-electron chi connectivity index (χ2n) is 16.6. The molecule has 8 rings (SSSR count). The topological polar surface area (TPSA) is 0 Å². The van der Waals surface area contributed by atoms with Crippen molar-refractivity contribution in [2.24, 2.45) is 0 Å². The van der Waals surface area contributed by atoms with Crippen LogP contribution < -0.4 is 0 Å². The summed E-state index contributed by atoms with van der Waals surface area (Å²) in [6, 6.07) is 42.5. The summed E-state index contributed by atoms with van der Waals surface area (Å²) >= 11 is -2.91. The van der Waals surface area contributed by atoms with Gasteiger partial charge >= 0.3 is 309 Å². The number of allylic oxidation sites excluding steroid dienone is 4. The Hall–Kier alpha value is -3.93. The summed E-state index contributed by atoms with van der Waals surface area (Å²) < 4.78 is 2.42. The van der Waals surface area contributed by atoms with Crippen molar-refractivity contribution in [1.82, 2.24) is 0 Å². The molecule has 0 radical (unpaired) electrons. The Balaban J connectivity index is 1.57. The number of benzene rings is 6. The second kappa shape index (κ2) is 12.4. The van der Waals surface area contributed by atoms with E-state index in [0.717, 1.165) is 0 Å². The standard InChI is InChI=1S/C23H29.C21H14.C5H5.Zr/c1-14-9-16-11-17-10-15(2)21(23(6,7)8)13-19(17)18(16)12-20(14)22(3,4)5;1-3-13-20-16(7-1)9-5-11-18(20)15-19-12-6-10-17-8-2-4-14-21(17)19;1-2-4-5-3-1;/h9-13H,1-8H3;1-14H;1-5H;. The van der Waals surface area contributed by atoms with Gasteiger partial charge in [-0.2, -0.15) is 0 Å². The SMILES string of the molecule is Cc1cc2c(cc1C(C)(C)C)-c1cc(C(C)(C)C)c(C)cc1[CH]2[Zr](=[C](c1cccc2ccccc12)c1cccc2ccccc12)[CH]1C=CC=C1. The molecule has 0 spiro atoms. The van der Waals surface area contributed by atoms with Crippen molar-refractivity contribution >= 4 is 24.8 Å². The molecule has 0 N–H and O–H groups in total. The van der Waals surface area contributed by atoms with Crippen LogP contribution in [-0.4, -0.2) is 3.21 Å². The van der Waals surface area contributed by atoms with Gasteiger partial charge in [0.15, 0.2) is 0 Å². The Kier molecular flexibility index (Phi) is 8.23. The van der Waals surface area contributed by atoms with E-state index < -0.39 is 21.3 Å². The third kappa shape index (κ3) is 5.58. The zero-order chi connectivity index (χ0) is 34.9. The van der Waals surface area contributed by atoms with Gasteiger partial charge in [-0.1, -0.05) is 0 Å². The van der Waals surface area contributed by atoms with Crippen molar-refractivity contribution in [3.8, 4) is 11.1 Å². The summed E-state index contributed by atoms with van der Waals surface area (Å²) in [5, 5.41) is 5.34. The zero-order valence-electron chi connectivity index (χ0n) is 30.9. The summed E-state index contributed by atoms with van der Waals surface area (Å²) in [4.78, 5) is 0. The quantitative estimate of drug-likeness (QED) is 0.170. The second-order valence-corrected chi connectivity index (χ2v) is 23.1. The maximum absolute atomic E-state index is 2.91. The number of hydrogen-bond acceptors (Lipinski definition) is 0. The minimum atomic E-state index is -2.91. The van der Waals surface area contributed by atoms with Crippen LogP contribution in [0.1, 0.15) is 89.7 Å². The average molecular weight is 728 g/mol. The first-order chi connectivity index (χ1) is 23.9. The molecule has 0 saturated carbocycles. The summed E-state index contributed by atoms with van der Waals surface area (Å²) in [5.74, 6) is 0. The predicted molar refractivity (Wildman–Crippen MR) is 214 cm³/mol. The van der Waals surface area contributed by atoms with Crippen LogP contribution in [0.15, 0.2) is 133 Å². The van der Waals surface area contributed by atoms with Crippen molar-refractivity contribution in [3.05, 3.63) is 178 Å². The third-order valence-corrected chi connectivity index (χ3v) is 19.7. The number of aryl methyl sites for hydroxylation is 2. The van der Waals surface area contributed by atoms with Gasteiger partial charge in [-0.05, 0) is 0 Å². The Labute approximate surface area is 306 Å². The van der Waals surface area contributed by atoms with Crippen molar-refractivity contribution in [3.63, 3.8) is 0 Å². The van der Waals surface area contributed by atoms with E-state index in [9.17, 15) is 0 Å². The number of rotatable bonds is 4. The summed E-state index contributed by atoms with van der Waals surface area (Å²) in [6.07, 6.45) is 9.70. The first kappa shape index (κ1) is 33.2. The zero-order valence-corrected chi connectivity index (χ0v) is 33.3. The van der Waals surface area contributed by atoms with Crippen molar-refractivity contribution in [1.29, 1.82) is 0 Å². The molecule has 6 aromatic rings. The minimum absolute atomic E-state index is 0.0661. The fourth-order valence-corrected chi connectivity index (χ4v) is 18.5. The molecule has 1 heteroatoms. The Bertz CT molecular complexity index is 2240. The van der Waals surface area contributed by atoms with Gasteiger partial charge in [-0.25, -0.2) is 0 Å². The summed E-state index contributed by atoms with van der Waals surface area (Å²) in [7, 11) is 0. The Morgan fingerprint density at radius 1 is 0.520 bits per heavy atom. The molecule has 0 unspecified atom stereocenters. The molecule has 0 heterocycles. The van der Waals surface area contributed by atoms with Crippen LogP contribution >= 0.6 is 0 Å². The van der Waals surface area contributed by atoms with Gasteiger partial charge in [0.05, 0.1) is 0 Å². The van der Waals surface area contributed by atoms with E-state index in [-0.39, 0.29) is 10.8 Å². The van der Waals surface area contributed by atoms with Crippen LogP contribution in [0, 0.1) is 13.8 Å². The van der Waals surface area contributed by atoms with E-state index in [1.165, 1.54) is 66.1 Å². The summed E-state index contributed by atoms with van der Waals surface area (Å²) in [5.41, 5.74) is 14.8. The van der Waals surface area contributed by atoms with E-state index in [1.807, 2.05) is 0 Å². The molecular weight excluding hydrogens is 680 g/mol. The molecule has 2 aliphatic carbocycles. The van der Waals surface area contributed by atoms with Gasteiger partial charge in [-0.3, -0.25) is 0 Å². The van der Waals surface area contributed by atoms with Crippen LogP contribution in [0.5, 0.6) is 0 Å². The molecule has 2 aliphatic rings. The number of fused-ring (bicyclic) bond motifs is 5. The van der Waals surface area contributed by atoms with Crippen LogP contribution in [0.3, 0.4) is 0 Å². The van der Waals surface area contributed by atoms with Crippen LogP contribution in [-0.2, 0) is 32.1 Å². The first-order valence-corrected chi connectivity index (χ1v) is 22.3. The van der Waals surface area contributed by atoms with Gasteiger partial charge < -0.3 is 0 Å². The van der Waals surface area contributed by atoms with Gasteiger partial charge in [-0.15, -0.1) is 0 Å². The summed E-state index contributed by atoms with van der Waals surface area (Å²) in [6.45, 7) is 18.9. The molecule has 0 bridgehead atoms. The molecular formula is C49H48Zr. The molecule has 248 valence electrons. The van der Waals surface area contributed by atoms with Gasteiger partial charge in [0.25, 0.3) is 0 Å². The van der Waals surface area contributed by atoms with E-state index in [2.05, 4.69) is 189 Å².